The Hall–Kier alpha value is -3.65. The third-order valence-electron chi connectivity index (χ3n) is 6.25. The molecule has 1 N–H and O–H groups in total. The normalized spacial score (nSPS) is 17.7. The maximum atomic E-state index is 12.8. The Balaban J connectivity index is 1.36. The fourth-order valence-electron chi connectivity index (χ4n) is 4.59. The number of benzene rings is 1. The van der Waals surface area contributed by atoms with Crippen LogP contribution in [0.1, 0.15) is 39.2 Å². The molecule has 3 heterocycles. The van der Waals surface area contributed by atoms with E-state index in [1.54, 1.807) is 30.7 Å². The molecule has 2 aliphatic rings. The van der Waals surface area contributed by atoms with Gasteiger partial charge in [-0.15, -0.1) is 0 Å². The second kappa shape index (κ2) is 10.1. The fourth-order valence-corrected chi connectivity index (χ4v) is 4.59. The topological polar surface area (TPSA) is 92.6 Å². The minimum Gasteiger partial charge on any atom is -0.378 e. The monoisotopic (exact) mass is 456 g/mol. The molecule has 1 aliphatic carbocycles. The van der Waals surface area contributed by atoms with Crippen LogP contribution in [0.15, 0.2) is 53.9 Å². The van der Waals surface area contributed by atoms with Crippen LogP contribution in [0.3, 0.4) is 0 Å². The summed E-state index contributed by atoms with van der Waals surface area (Å²) in [6.07, 6.45) is 7.13. The molecule has 1 aromatic carbocycles. The van der Waals surface area contributed by atoms with Crippen molar-refractivity contribution in [3.05, 3.63) is 76.7 Å². The van der Waals surface area contributed by atoms with E-state index < -0.39 is 0 Å². The largest absolute Gasteiger partial charge is 0.378 e. The first-order valence-electron chi connectivity index (χ1n) is 11.7. The lowest BCUT2D eigenvalue weighted by Crippen LogP contribution is -2.37. The molecule has 1 atom stereocenters. The summed E-state index contributed by atoms with van der Waals surface area (Å²) in [7, 11) is 0. The molecule has 1 unspecified atom stereocenters. The molecule has 0 saturated carbocycles. The summed E-state index contributed by atoms with van der Waals surface area (Å²) in [4.78, 5) is 28.7. The van der Waals surface area contributed by atoms with Crippen LogP contribution in [-0.4, -0.2) is 53.3 Å². The van der Waals surface area contributed by atoms with Gasteiger partial charge in [-0.3, -0.25) is 9.78 Å². The van der Waals surface area contributed by atoms with E-state index in [0.29, 0.717) is 31.1 Å². The van der Waals surface area contributed by atoms with Gasteiger partial charge in [0.15, 0.2) is 5.78 Å². The average Bonchev–Trinajstić information content (AvgIpc) is 3.27. The highest BCUT2D eigenvalue weighted by Crippen LogP contribution is 2.35. The molecule has 1 saturated heterocycles. The lowest BCUT2D eigenvalue weighted by molar-refractivity contribution is 0.0962. The number of aromatic nitrogens is 3. The molecule has 0 radical (unpaired) electrons. The zero-order valence-electron chi connectivity index (χ0n) is 19.3. The number of fused-ring (bicyclic) bond motifs is 1. The number of ether oxygens (including phenoxy) is 1. The lowest BCUT2D eigenvalue weighted by Gasteiger charge is -2.29. The predicted molar refractivity (Wildman–Crippen MR) is 132 cm³/mol. The first-order valence-corrected chi connectivity index (χ1v) is 11.7. The summed E-state index contributed by atoms with van der Waals surface area (Å²) >= 11 is 0. The van der Waals surface area contributed by atoms with Gasteiger partial charge in [0.25, 0.3) is 0 Å². The molecular weight excluding hydrogens is 428 g/mol. The quantitative estimate of drug-likeness (QED) is 0.331. The minimum absolute atomic E-state index is 0.141. The number of hydrazone groups is 1. The lowest BCUT2D eigenvalue weighted by atomic mass is 9.96. The molecule has 8 heteroatoms. The van der Waals surface area contributed by atoms with Crippen LogP contribution in [0.4, 0.5) is 11.8 Å². The van der Waals surface area contributed by atoms with E-state index in [2.05, 4.69) is 39.5 Å². The molecule has 1 fully saturated rings. The molecule has 34 heavy (non-hydrogen) atoms. The molecule has 0 spiro atoms. The highest BCUT2D eigenvalue weighted by molar-refractivity contribution is 5.96. The maximum Gasteiger partial charge on any atom is 0.245 e. The SMILES string of the molecule is Cc1cccc(/C=N/Nc2nc3c(c(N4CCOCC4)n2)CC(CC(=O)c2ccncc2)C3)c1. The molecule has 0 bridgehead atoms. The Morgan fingerprint density at radius 3 is 2.79 bits per heavy atom. The van der Waals surface area contributed by atoms with Gasteiger partial charge in [0.05, 0.1) is 25.1 Å². The van der Waals surface area contributed by atoms with E-state index in [0.717, 1.165) is 48.6 Å². The Labute approximate surface area is 199 Å². The van der Waals surface area contributed by atoms with Gasteiger partial charge < -0.3 is 9.64 Å². The zero-order chi connectivity index (χ0) is 23.3. The Bertz CT molecular complexity index is 1190. The number of pyridine rings is 1. The third kappa shape index (κ3) is 5.12. The summed E-state index contributed by atoms with van der Waals surface area (Å²) in [5.41, 5.74) is 8.06. The van der Waals surface area contributed by atoms with Crippen LogP contribution in [0.25, 0.3) is 0 Å². The van der Waals surface area contributed by atoms with E-state index in [1.807, 2.05) is 12.1 Å². The van der Waals surface area contributed by atoms with Crippen LogP contribution in [-0.2, 0) is 17.6 Å². The van der Waals surface area contributed by atoms with Crippen molar-refractivity contribution in [2.45, 2.75) is 26.2 Å². The number of hydrogen-bond donors (Lipinski definition) is 1. The van der Waals surface area contributed by atoms with Crippen molar-refractivity contribution in [1.29, 1.82) is 0 Å². The standard InChI is InChI=1S/C26H28N6O2/c1-18-3-2-4-19(13-18)17-28-31-26-29-23-15-20(16-24(33)21-5-7-27-8-6-21)14-22(23)25(30-26)32-9-11-34-12-10-32/h2-8,13,17,20H,9-12,14-16H2,1H3,(H,29,30,31)/b28-17+. The number of carbonyl (C=O) groups is 1. The number of anilines is 2. The van der Waals surface area contributed by atoms with E-state index >= 15 is 0 Å². The molecule has 2 aromatic heterocycles. The van der Waals surface area contributed by atoms with Crippen molar-refractivity contribution in [2.24, 2.45) is 11.0 Å². The number of carbonyl (C=O) groups excluding carboxylic acids is 1. The summed E-state index contributed by atoms with van der Waals surface area (Å²) in [5, 5.41) is 4.37. The van der Waals surface area contributed by atoms with Gasteiger partial charge in [-0.25, -0.2) is 10.4 Å². The van der Waals surface area contributed by atoms with Gasteiger partial charge in [-0.1, -0.05) is 29.8 Å². The molecule has 8 nitrogen and oxygen atoms in total. The summed E-state index contributed by atoms with van der Waals surface area (Å²) in [6.45, 7) is 4.99. The Morgan fingerprint density at radius 1 is 1.18 bits per heavy atom. The van der Waals surface area contributed by atoms with Crippen molar-refractivity contribution >= 4 is 23.8 Å². The van der Waals surface area contributed by atoms with Gasteiger partial charge in [-0.05, 0) is 43.4 Å². The number of nitrogens with zero attached hydrogens (tertiary/aromatic N) is 5. The fraction of sp³-hybridized carbons (Fsp3) is 0.346. The van der Waals surface area contributed by atoms with Gasteiger partial charge in [0, 0.05) is 43.0 Å². The van der Waals surface area contributed by atoms with Gasteiger partial charge in [0.2, 0.25) is 5.95 Å². The highest BCUT2D eigenvalue weighted by Gasteiger charge is 2.31. The molecule has 3 aromatic rings. The third-order valence-corrected chi connectivity index (χ3v) is 6.25. The van der Waals surface area contributed by atoms with Crippen LogP contribution in [0.5, 0.6) is 0 Å². The van der Waals surface area contributed by atoms with Crippen LogP contribution < -0.4 is 10.3 Å². The van der Waals surface area contributed by atoms with Crippen LogP contribution in [0, 0.1) is 12.8 Å². The molecule has 5 rings (SSSR count). The van der Waals surface area contributed by atoms with Crippen molar-refractivity contribution in [1.82, 2.24) is 15.0 Å². The number of morpholine rings is 1. The predicted octanol–water partition coefficient (Wildman–Crippen LogP) is 3.45. The number of Topliss-reactive ketones (excluding diaryl/α,β-unsaturated/α-hetero) is 1. The average molecular weight is 457 g/mol. The minimum atomic E-state index is 0.141. The number of aryl methyl sites for hydroxylation is 1. The molecular formula is C26H28N6O2. The Morgan fingerprint density at radius 2 is 2.00 bits per heavy atom. The van der Waals surface area contributed by atoms with Crippen molar-refractivity contribution in [2.75, 3.05) is 36.6 Å². The van der Waals surface area contributed by atoms with E-state index in [1.165, 1.54) is 5.56 Å². The smallest absolute Gasteiger partial charge is 0.245 e. The Kier molecular flexibility index (Phi) is 6.58. The summed E-state index contributed by atoms with van der Waals surface area (Å²) in [6, 6.07) is 11.7. The zero-order valence-corrected chi connectivity index (χ0v) is 19.3. The van der Waals surface area contributed by atoms with Crippen LogP contribution >= 0.6 is 0 Å². The summed E-state index contributed by atoms with van der Waals surface area (Å²) in [5.74, 6) is 1.75. The van der Waals surface area contributed by atoms with Crippen LogP contribution in [0.2, 0.25) is 0 Å². The van der Waals surface area contributed by atoms with Gasteiger partial charge in [-0.2, -0.15) is 10.1 Å². The second-order valence-corrected chi connectivity index (χ2v) is 8.82. The number of nitrogens with one attached hydrogen (secondary N) is 1. The first kappa shape index (κ1) is 22.2. The van der Waals surface area contributed by atoms with E-state index in [4.69, 9.17) is 14.7 Å². The molecule has 0 amide bonds. The van der Waals surface area contributed by atoms with Crippen molar-refractivity contribution < 1.29 is 9.53 Å². The number of hydrogen-bond acceptors (Lipinski definition) is 8. The molecule has 1 aliphatic heterocycles. The molecule has 174 valence electrons. The maximum absolute atomic E-state index is 12.8. The summed E-state index contributed by atoms with van der Waals surface area (Å²) < 4.78 is 5.54. The number of ketones is 1. The second-order valence-electron chi connectivity index (χ2n) is 8.82. The highest BCUT2D eigenvalue weighted by atomic mass is 16.5. The van der Waals surface area contributed by atoms with E-state index in [9.17, 15) is 4.79 Å². The van der Waals surface area contributed by atoms with Crippen molar-refractivity contribution in [3.8, 4) is 0 Å². The van der Waals surface area contributed by atoms with Crippen molar-refractivity contribution in [3.63, 3.8) is 0 Å². The van der Waals surface area contributed by atoms with E-state index in [-0.39, 0.29) is 11.7 Å². The first-order chi connectivity index (χ1) is 16.7. The van der Waals surface area contributed by atoms with Gasteiger partial charge >= 0.3 is 0 Å². The van der Waals surface area contributed by atoms with Gasteiger partial charge in [0.1, 0.15) is 5.82 Å². The number of rotatable bonds is 7.